The highest BCUT2D eigenvalue weighted by Gasteiger charge is 2.31. The first-order valence-corrected chi connectivity index (χ1v) is 10.1. The van der Waals surface area contributed by atoms with Crippen molar-refractivity contribution in [2.24, 2.45) is 5.92 Å². The molecule has 0 saturated carbocycles. The summed E-state index contributed by atoms with van der Waals surface area (Å²) in [6.07, 6.45) is 1.75. The zero-order valence-corrected chi connectivity index (χ0v) is 15.9. The molecule has 2 amide bonds. The van der Waals surface area contributed by atoms with Crippen LogP contribution in [0.2, 0.25) is 0 Å². The van der Waals surface area contributed by atoms with Crippen molar-refractivity contribution in [3.63, 3.8) is 0 Å². The van der Waals surface area contributed by atoms with E-state index < -0.39 is 0 Å². The number of piperidine rings is 1. The average molecular weight is 372 g/mol. The van der Waals surface area contributed by atoms with Crippen LogP contribution in [0, 0.1) is 5.92 Å². The highest BCUT2D eigenvalue weighted by Crippen LogP contribution is 2.31. The monoisotopic (exact) mass is 372 g/mol. The molecule has 2 aliphatic heterocycles. The number of anilines is 1. The number of carbonyl (C=O) groups is 2. The van der Waals surface area contributed by atoms with Crippen LogP contribution in [0.5, 0.6) is 0 Å². The summed E-state index contributed by atoms with van der Waals surface area (Å²) in [5, 5.41) is 1.06. The summed E-state index contributed by atoms with van der Waals surface area (Å²) in [5.74, 6) is 0.461. The van der Waals surface area contributed by atoms with E-state index in [1.165, 1.54) is 4.70 Å². The number of fused-ring (bicyclic) bond motifs is 1. The number of nitrogens with zero attached hydrogens (tertiary/aromatic N) is 4. The molecular formula is C19H24N4O2S. The van der Waals surface area contributed by atoms with Gasteiger partial charge in [0.15, 0.2) is 5.13 Å². The molecule has 0 N–H and O–H groups in total. The lowest BCUT2D eigenvalue weighted by Crippen LogP contribution is -2.52. The fourth-order valence-electron chi connectivity index (χ4n) is 3.81. The molecule has 0 radical (unpaired) electrons. The molecule has 2 aromatic rings. The van der Waals surface area contributed by atoms with E-state index in [0.29, 0.717) is 26.2 Å². The highest BCUT2D eigenvalue weighted by molar-refractivity contribution is 7.22. The molecule has 0 aliphatic carbocycles. The first kappa shape index (κ1) is 17.3. The highest BCUT2D eigenvalue weighted by atomic mass is 32.1. The molecule has 7 heteroatoms. The minimum atomic E-state index is 0.0984. The van der Waals surface area contributed by atoms with Crippen molar-refractivity contribution in [1.29, 1.82) is 0 Å². The molecule has 0 spiro atoms. The summed E-state index contributed by atoms with van der Waals surface area (Å²) >= 11 is 1.73. The second kappa shape index (κ2) is 7.23. The number of piperazine rings is 1. The number of rotatable bonds is 2. The Bertz CT molecular complexity index is 772. The van der Waals surface area contributed by atoms with Crippen LogP contribution in [0.15, 0.2) is 24.3 Å². The van der Waals surface area contributed by atoms with Gasteiger partial charge in [-0.2, -0.15) is 0 Å². The number of aromatic nitrogens is 1. The van der Waals surface area contributed by atoms with Crippen molar-refractivity contribution in [2.75, 3.05) is 44.2 Å². The maximum atomic E-state index is 12.8. The van der Waals surface area contributed by atoms with Gasteiger partial charge < -0.3 is 14.7 Å². The molecule has 26 heavy (non-hydrogen) atoms. The molecule has 0 bridgehead atoms. The smallest absolute Gasteiger partial charge is 0.225 e. The first-order valence-electron chi connectivity index (χ1n) is 9.26. The fraction of sp³-hybridized carbons (Fsp3) is 0.526. The Morgan fingerprint density at radius 3 is 2.31 bits per heavy atom. The lowest BCUT2D eigenvalue weighted by Gasteiger charge is -2.38. The van der Waals surface area contributed by atoms with E-state index in [0.717, 1.165) is 36.6 Å². The molecule has 6 nitrogen and oxygen atoms in total. The minimum Gasteiger partial charge on any atom is -0.348 e. The Morgan fingerprint density at radius 2 is 1.65 bits per heavy atom. The number of hydrogen-bond donors (Lipinski definition) is 0. The van der Waals surface area contributed by atoms with Crippen molar-refractivity contribution in [2.45, 2.75) is 19.8 Å². The van der Waals surface area contributed by atoms with Gasteiger partial charge in [0, 0.05) is 52.1 Å². The average Bonchev–Trinajstić information content (AvgIpc) is 3.12. The lowest BCUT2D eigenvalue weighted by atomic mass is 9.95. The number of benzene rings is 1. The molecular weight excluding hydrogens is 348 g/mol. The molecule has 4 rings (SSSR count). The molecule has 1 aromatic heterocycles. The second-order valence-corrected chi connectivity index (χ2v) is 8.07. The van der Waals surface area contributed by atoms with Gasteiger partial charge in [-0.25, -0.2) is 4.98 Å². The van der Waals surface area contributed by atoms with Gasteiger partial charge in [-0.05, 0) is 25.0 Å². The minimum absolute atomic E-state index is 0.0984. The van der Waals surface area contributed by atoms with Gasteiger partial charge in [0.1, 0.15) is 0 Å². The lowest BCUT2D eigenvalue weighted by molar-refractivity contribution is -0.141. The van der Waals surface area contributed by atoms with Crippen molar-refractivity contribution >= 4 is 38.5 Å². The molecule has 1 aromatic carbocycles. The maximum Gasteiger partial charge on any atom is 0.225 e. The van der Waals surface area contributed by atoms with Crippen LogP contribution >= 0.6 is 11.3 Å². The molecule has 2 fully saturated rings. The van der Waals surface area contributed by atoms with Gasteiger partial charge in [-0.1, -0.05) is 23.5 Å². The Balaban J connectivity index is 1.33. The van der Waals surface area contributed by atoms with Gasteiger partial charge in [0.2, 0.25) is 11.8 Å². The number of carbonyl (C=O) groups excluding carboxylic acids is 2. The third-order valence-corrected chi connectivity index (χ3v) is 6.53. The largest absolute Gasteiger partial charge is 0.348 e. The predicted molar refractivity (Wildman–Crippen MR) is 103 cm³/mol. The molecule has 2 aliphatic rings. The van der Waals surface area contributed by atoms with Gasteiger partial charge >= 0.3 is 0 Å². The number of hydrogen-bond acceptors (Lipinski definition) is 5. The first-order chi connectivity index (χ1) is 12.6. The zero-order chi connectivity index (χ0) is 18.1. The third kappa shape index (κ3) is 3.40. The summed E-state index contributed by atoms with van der Waals surface area (Å²) in [6, 6.07) is 8.21. The molecule has 3 heterocycles. The van der Waals surface area contributed by atoms with E-state index in [1.54, 1.807) is 18.3 Å². The molecule has 2 saturated heterocycles. The van der Waals surface area contributed by atoms with E-state index in [1.807, 2.05) is 28.0 Å². The van der Waals surface area contributed by atoms with Gasteiger partial charge in [0.05, 0.1) is 10.2 Å². The van der Waals surface area contributed by atoms with Crippen LogP contribution in [0.4, 0.5) is 5.13 Å². The van der Waals surface area contributed by atoms with Crippen LogP contribution in [0.3, 0.4) is 0 Å². The van der Waals surface area contributed by atoms with E-state index in [2.05, 4.69) is 11.0 Å². The fourth-order valence-corrected chi connectivity index (χ4v) is 4.83. The number of para-hydroxylation sites is 1. The van der Waals surface area contributed by atoms with Crippen molar-refractivity contribution in [3.05, 3.63) is 24.3 Å². The summed E-state index contributed by atoms with van der Waals surface area (Å²) in [6.45, 7) is 5.99. The van der Waals surface area contributed by atoms with E-state index in [9.17, 15) is 9.59 Å². The maximum absolute atomic E-state index is 12.8. The van der Waals surface area contributed by atoms with Crippen LogP contribution < -0.4 is 4.90 Å². The van der Waals surface area contributed by atoms with Crippen LogP contribution in [0.25, 0.3) is 10.2 Å². The predicted octanol–water partition coefficient (Wildman–Crippen LogP) is 2.20. The summed E-state index contributed by atoms with van der Waals surface area (Å²) in [5.41, 5.74) is 1.05. The van der Waals surface area contributed by atoms with E-state index >= 15 is 0 Å². The quantitative estimate of drug-likeness (QED) is 0.811. The topological polar surface area (TPSA) is 56.8 Å². The van der Waals surface area contributed by atoms with Gasteiger partial charge in [-0.3, -0.25) is 9.59 Å². The van der Waals surface area contributed by atoms with Crippen LogP contribution in [-0.2, 0) is 9.59 Å². The van der Waals surface area contributed by atoms with E-state index in [-0.39, 0.29) is 17.7 Å². The van der Waals surface area contributed by atoms with Crippen LogP contribution in [0.1, 0.15) is 19.8 Å². The molecule has 138 valence electrons. The number of thiazole rings is 1. The van der Waals surface area contributed by atoms with Crippen LogP contribution in [-0.4, -0.2) is 65.9 Å². The normalized spacial score (nSPS) is 19.2. The third-order valence-electron chi connectivity index (χ3n) is 5.43. The standard InChI is InChI=1S/C19H24N4O2S/c1-14(24)21-10-12-22(13-11-21)18(25)15-6-8-23(9-7-15)19-20-16-4-2-3-5-17(16)26-19/h2-5,15H,6-13H2,1H3. The SMILES string of the molecule is CC(=O)N1CCN(C(=O)C2CCN(c3nc4ccccc4s3)CC2)CC1. The molecule has 0 unspecified atom stereocenters. The second-order valence-electron chi connectivity index (χ2n) is 7.06. The van der Waals surface area contributed by atoms with Gasteiger partial charge in [-0.15, -0.1) is 0 Å². The van der Waals surface area contributed by atoms with E-state index in [4.69, 9.17) is 4.98 Å². The summed E-state index contributed by atoms with van der Waals surface area (Å²) in [4.78, 5) is 35.0. The van der Waals surface area contributed by atoms with Crippen molar-refractivity contribution < 1.29 is 9.59 Å². The molecule has 0 atom stereocenters. The Hall–Kier alpha value is -2.15. The van der Waals surface area contributed by atoms with Gasteiger partial charge in [0.25, 0.3) is 0 Å². The van der Waals surface area contributed by atoms with Crippen molar-refractivity contribution in [3.8, 4) is 0 Å². The van der Waals surface area contributed by atoms with Crippen molar-refractivity contribution in [1.82, 2.24) is 14.8 Å². The summed E-state index contributed by atoms with van der Waals surface area (Å²) < 4.78 is 1.21. The Kier molecular flexibility index (Phi) is 4.80. The summed E-state index contributed by atoms with van der Waals surface area (Å²) in [7, 11) is 0. The zero-order valence-electron chi connectivity index (χ0n) is 15.1. The Labute approximate surface area is 157 Å². The number of amides is 2. The Morgan fingerprint density at radius 1 is 1.00 bits per heavy atom.